The molecule has 0 saturated carbocycles. The molecule has 1 aromatic carbocycles. The van der Waals surface area contributed by atoms with Crippen LogP contribution in [0.25, 0.3) is 0 Å². The Morgan fingerprint density at radius 2 is 2.21 bits per heavy atom. The second-order valence-electron chi connectivity index (χ2n) is 3.53. The topological polar surface area (TPSA) is 30.5 Å². The van der Waals surface area contributed by atoms with Crippen molar-refractivity contribution < 1.29 is 9.47 Å². The van der Waals surface area contributed by atoms with Gasteiger partial charge in [0.15, 0.2) is 11.5 Å². The van der Waals surface area contributed by atoms with Crippen molar-refractivity contribution in [3.8, 4) is 11.5 Å². The molecule has 1 aromatic rings. The molecule has 74 valence electrons. The van der Waals surface area contributed by atoms with Crippen LogP contribution in [0.15, 0.2) is 12.1 Å². The standard InChI is InChI=1S/C10H10ClNO2/c11-7-3-6(8-1-2-12-8)4-9-10(7)14-5-13-9/h3-4,8,12H,1-2,5H2. The van der Waals surface area contributed by atoms with Gasteiger partial charge in [-0.3, -0.25) is 0 Å². The molecule has 4 heteroatoms. The van der Waals surface area contributed by atoms with Crippen molar-refractivity contribution in [1.82, 2.24) is 5.32 Å². The lowest BCUT2D eigenvalue weighted by Gasteiger charge is -2.28. The molecule has 3 nitrogen and oxygen atoms in total. The molecule has 0 aromatic heterocycles. The Morgan fingerprint density at radius 1 is 1.36 bits per heavy atom. The molecule has 1 atom stereocenters. The largest absolute Gasteiger partial charge is 0.454 e. The first kappa shape index (κ1) is 8.38. The number of benzene rings is 1. The van der Waals surface area contributed by atoms with Crippen LogP contribution in [0.1, 0.15) is 18.0 Å². The monoisotopic (exact) mass is 211 g/mol. The third-order valence-corrected chi connectivity index (χ3v) is 2.96. The highest BCUT2D eigenvalue weighted by atomic mass is 35.5. The SMILES string of the molecule is Clc1cc(C2CCN2)cc2c1OCO2. The molecule has 2 heterocycles. The highest BCUT2D eigenvalue weighted by molar-refractivity contribution is 6.32. The smallest absolute Gasteiger partial charge is 0.231 e. The van der Waals surface area contributed by atoms with E-state index in [4.69, 9.17) is 21.1 Å². The average molecular weight is 212 g/mol. The minimum absolute atomic E-state index is 0.274. The fourth-order valence-corrected chi connectivity index (χ4v) is 2.04. The second kappa shape index (κ2) is 3.04. The Bertz CT molecular complexity index is 377. The van der Waals surface area contributed by atoms with Gasteiger partial charge in [0, 0.05) is 6.04 Å². The summed E-state index contributed by atoms with van der Waals surface area (Å²) in [6.07, 6.45) is 1.16. The summed E-state index contributed by atoms with van der Waals surface area (Å²) in [5.41, 5.74) is 1.19. The van der Waals surface area contributed by atoms with Crippen molar-refractivity contribution in [1.29, 1.82) is 0 Å². The zero-order valence-corrected chi connectivity index (χ0v) is 8.30. The molecule has 1 N–H and O–H groups in total. The van der Waals surface area contributed by atoms with E-state index in [0.717, 1.165) is 18.7 Å². The van der Waals surface area contributed by atoms with Crippen LogP contribution in [0, 0.1) is 0 Å². The normalized spacial score (nSPS) is 23.4. The molecule has 0 radical (unpaired) electrons. The average Bonchev–Trinajstić information content (AvgIpc) is 2.48. The minimum Gasteiger partial charge on any atom is -0.454 e. The molecule has 0 aliphatic carbocycles. The molecule has 2 aliphatic rings. The van der Waals surface area contributed by atoms with Gasteiger partial charge >= 0.3 is 0 Å². The van der Waals surface area contributed by atoms with Crippen molar-refractivity contribution in [2.24, 2.45) is 0 Å². The molecule has 1 saturated heterocycles. The van der Waals surface area contributed by atoms with Crippen molar-refractivity contribution in [3.63, 3.8) is 0 Å². The molecule has 0 bridgehead atoms. The van der Waals surface area contributed by atoms with E-state index >= 15 is 0 Å². The molecule has 3 rings (SSSR count). The summed E-state index contributed by atoms with van der Waals surface area (Å²) >= 11 is 6.07. The van der Waals surface area contributed by atoms with E-state index in [1.807, 2.05) is 12.1 Å². The van der Waals surface area contributed by atoms with Gasteiger partial charge in [-0.15, -0.1) is 0 Å². The Morgan fingerprint density at radius 3 is 2.93 bits per heavy atom. The first-order valence-corrected chi connectivity index (χ1v) is 5.05. The first-order chi connectivity index (χ1) is 6.84. The van der Waals surface area contributed by atoms with Gasteiger partial charge < -0.3 is 14.8 Å². The van der Waals surface area contributed by atoms with Crippen LogP contribution in [-0.2, 0) is 0 Å². The molecular formula is C10H10ClNO2. The highest BCUT2D eigenvalue weighted by Crippen LogP contribution is 2.42. The molecule has 14 heavy (non-hydrogen) atoms. The molecule has 0 amide bonds. The van der Waals surface area contributed by atoms with Crippen LogP contribution in [0.5, 0.6) is 11.5 Å². The van der Waals surface area contributed by atoms with E-state index in [9.17, 15) is 0 Å². The summed E-state index contributed by atoms with van der Waals surface area (Å²) in [5, 5.41) is 3.97. The maximum Gasteiger partial charge on any atom is 0.231 e. The van der Waals surface area contributed by atoms with Gasteiger partial charge in [-0.1, -0.05) is 11.6 Å². The van der Waals surface area contributed by atoms with Crippen LogP contribution in [0.3, 0.4) is 0 Å². The van der Waals surface area contributed by atoms with Crippen molar-refractivity contribution in [3.05, 3.63) is 22.7 Å². The number of nitrogens with one attached hydrogen (secondary N) is 1. The summed E-state index contributed by atoms with van der Waals surface area (Å²) in [6.45, 7) is 1.35. The van der Waals surface area contributed by atoms with Crippen LogP contribution >= 0.6 is 11.6 Å². The maximum atomic E-state index is 6.07. The zero-order valence-electron chi connectivity index (χ0n) is 7.55. The van der Waals surface area contributed by atoms with Crippen molar-refractivity contribution in [2.75, 3.05) is 13.3 Å². The van der Waals surface area contributed by atoms with Gasteiger partial charge in [0.1, 0.15) is 0 Å². The molecular weight excluding hydrogens is 202 g/mol. The lowest BCUT2D eigenvalue weighted by molar-refractivity contribution is 0.174. The number of hydrogen-bond acceptors (Lipinski definition) is 3. The quantitative estimate of drug-likeness (QED) is 0.772. The summed E-state index contributed by atoms with van der Waals surface area (Å²) in [4.78, 5) is 0. The van der Waals surface area contributed by atoms with Crippen molar-refractivity contribution >= 4 is 11.6 Å². The molecule has 2 aliphatic heterocycles. The van der Waals surface area contributed by atoms with Gasteiger partial charge in [-0.25, -0.2) is 0 Å². The van der Waals surface area contributed by atoms with E-state index in [-0.39, 0.29) is 6.79 Å². The highest BCUT2D eigenvalue weighted by Gasteiger charge is 2.24. The summed E-state index contributed by atoms with van der Waals surface area (Å²) < 4.78 is 10.5. The van der Waals surface area contributed by atoms with E-state index in [1.54, 1.807) is 0 Å². The Labute approximate surface area is 87.0 Å². The van der Waals surface area contributed by atoms with Gasteiger partial charge in [0.25, 0.3) is 0 Å². The second-order valence-corrected chi connectivity index (χ2v) is 3.94. The molecule has 1 fully saturated rings. The Hall–Kier alpha value is -0.930. The lowest BCUT2D eigenvalue weighted by atomic mass is 9.98. The number of hydrogen-bond donors (Lipinski definition) is 1. The third kappa shape index (κ3) is 1.16. The maximum absolute atomic E-state index is 6.07. The number of rotatable bonds is 1. The van der Waals surface area contributed by atoms with E-state index < -0.39 is 0 Å². The van der Waals surface area contributed by atoms with Crippen LogP contribution in [0.2, 0.25) is 5.02 Å². The Balaban J connectivity index is 2.02. The predicted octanol–water partition coefficient (Wildman–Crippen LogP) is 2.10. The van der Waals surface area contributed by atoms with Crippen LogP contribution < -0.4 is 14.8 Å². The summed E-state index contributed by atoms with van der Waals surface area (Å²) in [6, 6.07) is 4.39. The van der Waals surface area contributed by atoms with Crippen LogP contribution in [-0.4, -0.2) is 13.3 Å². The fourth-order valence-electron chi connectivity index (χ4n) is 1.76. The first-order valence-electron chi connectivity index (χ1n) is 4.67. The lowest BCUT2D eigenvalue weighted by Crippen LogP contribution is -2.34. The number of halogens is 1. The molecule has 1 unspecified atom stereocenters. The zero-order chi connectivity index (χ0) is 9.54. The predicted molar refractivity (Wildman–Crippen MR) is 52.9 cm³/mol. The van der Waals surface area contributed by atoms with Crippen molar-refractivity contribution in [2.45, 2.75) is 12.5 Å². The van der Waals surface area contributed by atoms with Crippen LogP contribution in [0.4, 0.5) is 0 Å². The summed E-state index contributed by atoms with van der Waals surface area (Å²) in [7, 11) is 0. The van der Waals surface area contributed by atoms with E-state index in [1.165, 1.54) is 5.56 Å². The number of ether oxygens (including phenoxy) is 2. The molecule has 0 spiro atoms. The van der Waals surface area contributed by atoms with Gasteiger partial charge in [-0.05, 0) is 30.7 Å². The number of fused-ring (bicyclic) bond motifs is 1. The van der Waals surface area contributed by atoms with E-state index in [0.29, 0.717) is 16.8 Å². The fraction of sp³-hybridized carbons (Fsp3) is 0.400. The third-order valence-electron chi connectivity index (χ3n) is 2.68. The van der Waals surface area contributed by atoms with Gasteiger partial charge in [-0.2, -0.15) is 0 Å². The van der Waals surface area contributed by atoms with E-state index in [2.05, 4.69) is 5.32 Å². The van der Waals surface area contributed by atoms with Gasteiger partial charge in [0.2, 0.25) is 6.79 Å². The van der Waals surface area contributed by atoms with Gasteiger partial charge in [0.05, 0.1) is 5.02 Å². The summed E-state index contributed by atoms with van der Waals surface area (Å²) in [5.74, 6) is 1.44. The Kier molecular flexibility index (Phi) is 1.82. The minimum atomic E-state index is 0.274.